The zero-order valence-corrected chi connectivity index (χ0v) is 17.6. The monoisotopic (exact) mass is 428 g/mol. The highest BCUT2D eigenvalue weighted by molar-refractivity contribution is 7.89. The van der Waals surface area contributed by atoms with Gasteiger partial charge in [-0.3, -0.25) is 4.79 Å². The molecule has 1 unspecified atom stereocenters. The van der Waals surface area contributed by atoms with Crippen LogP contribution in [-0.2, 0) is 27.8 Å². The Labute approximate surface area is 176 Å². The Bertz CT molecular complexity index is 1080. The maximum atomic E-state index is 13.0. The number of amides is 1. The summed E-state index contributed by atoms with van der Waals surface area (Å²) in [4.78, 5) is 12.9. The lowest BCUT2D eigenvalue weighted by Gasteiger charge is -2.19. The van der Waals surface area contributed by atoms with Crippen LogP contribution in [0.25, 0.3) is 0 Å². The second-order valence-corrected chi connectivity index (χ2v) is 8.51. The van der Waals surface area contributed by atoms with Gasteiger partial charge in [0.1, 0.15) is 17.6 Å². The Balaban J connectivity index is 1.81. The van der Waals surface area contributed by atoms with Crippen molar-refractivity contribution in [3.63, 3.8) is 0 Å². The standard InChI is InChI=1S/C22H24N2O5S/c1-16-13-19(10-11-21(16)28-2)30(26,27)24-20(14-17-7-4-3-5-8-17)22(25)23-15-18-9-6-12-29-18/h3-13,20,24H,14-15H2,1-2H3,(H,23,25). The van der Waals surface area contributed by atoms with E-state index < -0.39 is 22.0 Å². The fourth-order valence-corrected chi connectivity index (χ4v) is 4.30. The summed E-state index contributed by atoms with van der Waals surface area (Å²) in [7, 11) is -2.41. The molecule has 30 heavy (non-hydrogen) atoms. The van der Waals surface area contributed by atoms with Crippen molar-refractivity contribution < 1.29 is 22.4 Å². The van der Waals surface area contributed by atoms with Crippen LogP contribution in [0.2, 0.25) is 0 Å². The van der Waals surface area contributed by atoms with E-state index in [0.29, 0.717) is 17.1 Å². The highest BCUT2D eigenvalue weighted by Gasteiger charge is 2.26. The normalized spacial score (nSPS) is 12.3. The molecular weight excluding hydrogens is 404 g/mol. The first-order valence-corrected chi connectivity index (χ1v) is 10.9. The van der Waals surface area contributed by atoms with Crippen LogP contribution >= 0.6 is 0 Å². The summed E-state index contributed by atoms with van der Waals surface area (Å²) < 4.78 is 38.9. The van der Waals surface area contributed by atoms with Gasteiger partial charge in [-0.05, 0) is 54.8 Å². The van der Waals surface area contributed by atoms with Crippen molar-refractivity contribution in [2.45, 2.75) is 30.8 Å². The average Bonchev–Trinajstić information content (AvgIpc) is 3.26. The summed E-state index contributed by atoms with van der Waals surface area (Å²) in [5.41, 5.74) is 1.52. The zero-order chi connectivity index (χ0) is 21.6. The van der Waals surface area contributed by atoms with Gasteiger partial charge in [0.25, 0.3) is 0 Å². The fraction of sp³-hybridized carbons (Fsp3) is 0.227. The molecule has 0 bridgehead atoms. The molecule has 7 nitrogen and oxygen atoms in total. The number of ether oxygens (including phenoxy) is 1. The van der Waals surface area contributed by atoms with E-state index in [1.807, 2.05) is 30.3 Å². The molecule has 1 atom stereocenters. The lowest BCUT2D eigenvalue weighted by Crippen LogP contribution is -2.47. The number of carbonyl (C=O) groups is 1. The van der Waals surface area contributed by atoms with Crippen molar-refractivity contribution in [2.75, 3.05) is 7.11 Å². The number of furan rings is 1. The van der Waals surface area contributed by atoms with Gasteiger partial charge in [0.2, 0.25) is 15.9 Å². The lowest BCUT2D eigenvalue weighted by molar-refractivity contribution is -0.122. The van der Waals surface area contributed by atoms with Crippen LogP contribution in [0.4, 0.5) is 0 Å². The van der Waals surface area contributed by atoms with Crippen LogP contribution < -0.4 is 14.8 Å². The van der Waals surface area contributed by atoms with Crippen molar-refractivity contribution in [2.24, 2.45) is 0 Å². The lowest BCUT2D eigenvalue weighted by atomic mass is 10.1. The number of nitrogens with one attached hydrogen (secondary N) is 2. The number of aryl methyl sites for hydroxylation is 1. The van der Waals surface area contributed by atoms with Crippen molar-refractivity contribution in [3.05, 3.63) is 83.8 Å². The summed E-state index contributed by atoms with van der Waals surface area (Å²) in [6.45, 7) is 1.93. The minimum atomic E-state index is -3.93. The van der Waals surface area contributed by atoms with E-state index in [9.17, 15) is 13.2 Å². The largest absolute Gasteiger partial charge is 0.496 e. The molecule has 2 N–H and O–H groups in total. The molecule has 0 fully saturated rings. The van der Waals surface area contributed by atoms with E-state index in [0.717, 1.165) is 5.56 Å². The van der Waals surface area contributed by atoms with Crippen LogP contribution in [0.3, 0.4) is 0 Å². The summed E-state index contributed by atoms with van der Waals surface area (Å²) >= 11 is 0. The Morgan fingerprint density at radius 1 is 1.10 bits per heavy atom. The zero-order valence-electron chi connectivity index (χ0n) is 16.8. The van der Waals surface area contributed by atoms with Gasteiger partial charge in [-0.1, -0.05) is 30.3 Å². The molecule has 1 heterocycles. The number of hydrogen-bond donors (Lipinski definition) is 2. The molecule has 0 aliphatic carbocycles. The number of benzene rings is 2. The highest BCUT2D eigenvalue weighted by atomic mass is 32.2. The van der Waals surface area contributed by atoms with Crippen molar-refractivity contribution in [3.8, 4) is 5.75 Å². The quantitative estimate of drug-likeness (QED) is 0.546. The van der Waals surface area contributed by atoms with Gasteiger partial charge in [-0.2, -0.15) is 4.72 Å². The number of methoxy groups -OCH3 is 1. The SMILES string of the molecule is COc1ccc(S(=O)(=O)NC(Cc2ccccc2)C(=O)NCc2ccco2)cc1C. The van der Waals surface area contributed by atoms with Gasteiger partial charge in [-0.25, -0.2) is 8.42 Å². The molecule has 1 amide bonds. The molecule has 2 aromatic carbocycles. The Morgan fingerprint density at radius 2 is 1.87 bits per heavy atom. The summed E-state index contributed by atoms with van der Waals surface area (Å²) in [6.07, 6.45) is 1.72. The van der Waals surface area contributed by atoms with Crippen LogP contribution in [0.5, 0.6) is 5.75 Å². The van der Waals surface area contributed by atoms with E-state index in [1.165, 1.54) is 25.5 Å². The fourth-order valence-electron chi connectivity index (χ4n) is 3.02. The first-order valence-electron chi connectivity index (χ1n) is 9.40. The number of hydrogen-bond acceptors (Lipinski definition) is 5. The molecule has 0 spiro atoms. The van der Waals surface area contributed by atoms with Gasteiger partial charge in [0.05, 0.1) is 24.8 Å². The third-order valence-electron chi connectivity index (χ3n) is 4.59. The highest BCUT2D eigenvalue weighted by Crippen LogP contribution is 2.21. The predicted octanol–water partition coefficient (Wildman–Crippen LogP) is 2.80. The predicted molar refractivity (Wildman–Crippen MR) is 113 cm³/mol. The second-order valence-electron chi connectivity index (χ2n) is 6.79. The minimum Gasteiger partial charge on any atom is -0.496 e. The van der Waals surface area contributed by atoms with Crippen molar-refractivity contribution in [1.29, 1.82) is 0 Å². The van der Waals surface area contributed by atoms with E-state index in [2.05, 4.69) is 10.0 Å². The van der Waals surface area contributed by atoms with Crippen molar-refractivity contribution >= 4 is 15.9 Å². The molecule has 0 aliphatic heterocycles. The van der Waals surface area contributed by atoms with Crippen molar-refractivity contribution in [1.82, 2.24) is 10.0 Å². The number of sulfonamides is 1. The summed E-state index contributed by atoms with van der Waals surface area (Å²) in [5, 5.41) is 2.73. The average molecular weight is 429 g/mol. The Hall–Kier alpha value is -3.10. The first-order chi connectivity index (χ1) is 14.4. The third-order valence-corrected chi connectivity index (χ3v) is 6.06. The summed E-state index contributed by atoms with van der Waals surface area (Å²) in [5.74, 6) is 0.727. The summed E-state index contributed by atoms with van der Waals surface area (Å²) in [6, 6.07) is 16.3. The molecule has 3 aromatic rings. The minimum absolute atomic E-state index is 0.0673. The molecule has 0 aliphatic rings. The van der Waals surface area contributed by atoms with E-state index in [4.69, 9.17) is 9.15 Å². The van der Waals surface area contributed by atoms with Crippen LogP contribution in [0.15, 0.2) is 76.2 Å². The van der Waals surface area contributed by atoms with E-state index >= 15 is 0 Å². The molecular formula is C22H24N2O5S. The number of rotatable bonds is 9. The van der Waals surface area contributed by atoms with E-state index in [1.54, 1.807) is 25.1 Å². The maximum Gasteiger partial charge on any atom is 0.241 e. The van der Waals surface area contributed by atoms with Crippen LogP contribution in [-0.4, -0.2) is 27.5 Å². The number of carbonyl (C=O) groups excluding carboxylic acids is 1. The van der Waals surface area contributed by atoms with Gasteiger partial charge in [0.15, 0.2) is 0 Å². The van der Waals surface area contributed by atoms with Crippen LogP contribution in [0.1, 0.15) is 16.9 Å². The van der Waals surface area contributed by atoms with E-state index in [-0.39, 0.29) is 17.9 Å². The molecule has 158 valence electrons. The molecule has 1 aromatic heterocycles. The molecule has 0 saturated carbocycles. The van der Waals surface area contributed by atoms with Gasteiger partial charge in [-0.15, -0.1) is 0 Å². The Kier molecular flexibility index (Phi) is 6.91. The molecule has 0 saturated heterocycles. The topological polar surface area (TPSA) is 97.6 Å². The molecule has 3 rings (SSSR count). The smallest absolute Gasteiger partial charge is 0.241 e. The van der Waals surface area contributed by atoms with Gasteiger partial charge < -0.3 is 14.5 Å². The molecule has 8 heteroatoms. The second kappa shape index (κ2) is 9.60. The Morgan fingerprint density at radius 3 is 2.50 bits per heavy atom. The maximum absolute atomic E-state index is 13.0. The first kappa shape index (κ1) is 21.6. The third kappa shape index (κ3) is 5.49. The molecule has 0 radical (unpaired) electrons. The van der Waals surface area contributed by atoms with Crippen LogP contribution in [0, 0.1) is 6.92 Å². The van der Waals surface area contributed by atoms with Gasteiger partial charge in [0, 0.05) is 0 Å². The van der Waals surface area contributed by atoms with Gasteiger partial charge >= 0.3 is 0 Å².